The standard InChI is InChI=1S/C30H48N2O2.2CH3.4ClH.2Ti/c1-19(2)25-13-23(14-26(20(3)4)29(25)33)17-32(12-11-31(9)10)18-24-15-27(21(5)6)30(34)28(16-24)22(7)8;;;;;;;;/h13-16,19-22,33-34H,11-12,17-18H2,1-10H3;2*1H3;4*1H;;/q;2*-1;;;;;2*+2/p-4. The minimum atomic E-state index is -0.556. The maximum atomic E-state index is 10.8. The number of hydrogen-bond donors (Lipinski definition) is 2. The SMILES string of the molecule is CC(C)c1cc(CN(CCN(C)C)Cc2cc(C(C)C)c(O)c(C(C)C)c2)cc(C(C)C)c1O.[CH3-].[CH3-].[Cl][Ti][Cl].[Cl][Ti][Cl]. The number of likely N-dealkylation sites (N-methyl/N-ethyl adjacent to an activating group) is 1. The van der Waals surface area contributed by atoms with Crippen LogP contribution in [0.3, 0.4) is 0 Å². The molecule has 0 aliphatic carbocycles. The monoisotopic (exact) mass is 734 g/mol. The quantitative estimate of drug-likeness (QED) is 0.178. The molecule has 0 bridgehead atoms. The molecule has 10 heteroatoms. The molecule has 0 aliphatic rings. The molecule has 0 aromatic heterocycles. The van der Waals surface area contributed by atoms with Crippen LogP contribution in [0.4, 0.5) is 0 Å². The van der Waals surface area contributed by atoms with E-state index in [4.69, 9.17) is 37.2 Å². The second kappa shape index (κ2) is 24.7. The predicted molar refractivity (Wildman–Crippen MR) is 181 cm³/mol. The van der Waals surface area contributed by atoms with Gasteiger partial charge in [-0.3, -0.25) is 4.90 Å². The van der Waals surface area contributed by atoms with E-state index in [0.29, 0.717) is 11.5 Å². The minimum absolute atomic E-state index is 0. The average Bonchev–Trinajstić information content (AvgIpc) is 2.84. The van der Waals surface area contributed by atoms with Crippen LogP contribution in [0.15, 0.2) is 24.3 Å². The normalized spacial score (nSPS) is 10.7. The number of benzene rings is 2. The molecule has 0 radical (unpaired) electrons. The van der Waals surface area contributed by atoms with E-state index in [-0.39, 0.29) is 38.5 Å². The zero-order valence-corrected chi connectivity index (χ0v) is 33.9. The molecule has 0 atom stereocenters. The fourth-order valence-corrected chi connectivity index (χ4v) is 4.50. The fourth-order valence-electron chi connectivity index (χ4n) is 4.50. The zero-order chi connectivity index (χ0) is 31.2. The molecule has 0 saturated heterocycles. The number of phenols is 2. The fraction of sp³-hybridized carbons (Fsp3) is 0.562. The summed E-state index contributed by atoms with van der Waals surface area (Å²) in [5.74, 6) is 1.99. The number of halogens is 4. The van der Waals surface area contributed by atoms with Crippen molar-refractivity contribution >= 4 is 37.2 Å². The number of nitrogens with zero attached hydrogens (tertiary/aromatic N) is 2. The van der Waals surface area contributed by atoms with Crippen molar-refractivity contribution in [3.05, 3.63) is 72.5 Å². The molecule has 2 N–H and O–H groups in total. The van der Waals surface area contributed by atoms with Gasteiger partial charge in [0.1, 0.15) is 11.5 Å². The van der Waals surface area contributed by atoms with Crippen LogP contribution in [0.25, 0.3) is 0 Å². The van der Waals surface area contributed by atoms with E-state index in [1.165, 1.54) is 11.1 Å². The van der Waals surface area contributed by atoms with Crippen molar-refractivity contribution in [1.29, 1.82) is 0 Å². The summed E-state index contributed by atoms with van der Waals surface area (Å²) < 4.78 is 0. The summed E-state index contributed by atoms with van der Waals surface area (Å²) in [5, 5.41) is 21.7. The molecular weight excluding hydrogens is 682 g/mol. The van der Waals surface area contributed by atoms with Gasteiger partial charge in [-0.05, 0) is 71.1 Å². The van der Waals surface area contributed by atoms with Crippen LogP contribution >= 0.6 is 37.2 Å². The van der Waals surface area contributed by atoms with Crippen LogP contribution in [-0.2, 0) is 47.2 Å². The van der Waals surface area contributed by atoms with Crippen LogP contribution in [0.2, 0.25) is 0 Å². The van der Waals surface area contributed by atoms with Gasteiger partial charge in [0.25, 0.3) is 0 Å². The summed E-state index contributed by atoms with van der Waals surface area (Å²) in [4.78, 5) is 4.71. The Morgan fingerprint density at radius 3 is 1.00 bits per heavy atom. The van der Waals surface area contributed by atoms with Gasteiger partial charge in [0.05, 0.1) is 0 Å². The predicted octanol–water partition coefficient (Wildman–Crippen LogP) is 10.8. The zero-order valence-electron chi connectivity index (χ0n) is 27.7. The third-order valence-corrected chi connectivity index (χ3v) is 6.62. The van der Waals surface area contributed by atoms with Crippen molar-refractivity contribution in [2.24, 2.45) is 0 Å². The van der Waals surface area contributed by atoms with Crippen LogP contribution < -0.4 is 0 Å². The van der Waals surface area contributed by atoms with Crippen molar-refractivity contribution in [2.75, 3.05) is 27.2 Å². The van der Waals surface area contributed by atoms with Crippen LogP contribution in [-0.4, -0.2) is 47.2 Å². The van der Waals surface area contributed by atoms with Crippen molar-refractivity contribution < 1.29 is 44.3 Å². The summed E-state index contributed by atoms with van der Waals surface area (Å²) in [6.45, 7) is 20.7. The molecule has 2 aromatic carbocycles. The maximum absolute atomic E-state index is 10.8. The summed E-state index contributed by atoms with van der Waals surface area (Å²) in [7, 11) is 23.8. The number of phenolic OH excluding ortho intramolecular Hbond substituents is 2. The van der Waals surface area contributed by atoms with Gasteiger partial charge in [-0.25, -0.2) is 0 Å². The van der Waals surface area contributed by atoms with E-state index >= 15 is 0 Å². The van der Waals surface area contributed by atoms with Crippen molar-refractivity contribution in [2.45, 2.75) is 92.2 Å². The van der Waals surface area contributed by atoms with Crippen LogP contribution in [0.5, 0.6) is 11.5 Å². The second-order valence-electron chi connectivity index (χ2n) is 11.5. The van der Waals surface area contributed by atoms with Crippen LogP contribution in [0.1, 0.15) is 112 Å². The number of aromatic hydroxyl groups is 2. The number of hydrogen-bond acceptors (Lipinski definition) is 4. The molecule has 2 rings (SSSR count). The first-order valence-corrected chi connectivity index (χ1v) is 22.2. The molecule has 0 unspecified atom stereocenters. The number of rotatable bonds is 11. The van der Waals surface area contributed by atoms with E-state index in [1.54, 1.807) is 0 Å². The Morgan fingerprint density at radius 1 is 0.571 bits per heavy atom. The molecule has 2 aromatic rings. The van der Waals surface area contributed by atoms with Crippen molar-refractivity contribution in [3.63, 3.8) is 0 Å². The first-order chi connectivity index (χ1) is 18.6. The topological polar surface area (TPSA) is 46.9 Å². The summed E-state index contributed by atoms with van der Waals surface area (Å²) in [5.41, 5.74) is 6.61. The van der Waals surface area contributed by atoms with E-state index in [0.717, 1.165) is 48.4 Å². The molecule has 42 heavy (non-hydrogen) atoms. The average molecular weight is 736 g/mol. The third-order valence-electron chi connectivity index (χ3n) is 6.62. The van der Waals surface area contributed by atoms with E-state index < -0.39 is 34.1 Å². The molecule has 0 aliphatic heterocycles. The Labute approximate surface area is 292 Å². The van der Waals surface area contributed by atoms with Crippen LogP contribution in [0, 0.1) is 14.9 Å². The Balaban J connectivity index is -0.00000175. The van der Waals surface area contributed by atoms with E-state index in [9.17, 15) is 10.2 Å². The van der Waals surface area contributed by atoms with Gasteiger partial charge < -0.3 is 30.0 Å². The van der Waals surface area contributed by atoms with Gasteiger partial charge >= 0.3 is 71.3 Å². The second-order valence-corrected chi connectivity index (χ2v) is 16.7. The van der Waals surface area contributed by atoms with Gasteiger partial charge in [0, 0.05) is 26.2 Å². The van der Waals surface area contributed by atoms with Gasteiger partial charge in [-0.1, -0.05) is 79.7 Å². The molecule has 0 saturated carbocycles. The van der Waals surface area contributed by atoms with E-state index in [1.807, 2.05) is 0 Å². The first-order valence-electron chi connectivity index (χ1n) is 13.7. The summed E-state index contributed by atoms with van der Waals surface area (Å²) in [6, 6.07) is 8.74. The molecule has 4 nitrogen and oxygen atoms in total. The van der Waals surface area contributed by atoms with Crippen molar-refractivity contribution in [1.82, 2.24) is 9.80 Å². The van der Waals surface area contributed by atoms with E-state index in [2.05, 4.69) is 104 Å². The first kappa shape index (κ1) is 47.0. The molecule has 0 heterocycles. The third kappa shape index (κ3) is 16.7. The van der Waals surface area contributed by atoms with Gasteiger partial charge in [-0.2, -0.15) is 0 Å². The van der Waals surface area contributed by atoms with Gasteiger partial charge in [-0.15, -0.1) is 0 Å². The Morgan fingerprint density at radius 2 is 0.810 bits per heavy atom. The van der Waals surface area contributed by atoms with Crippen molar-refractivity contribution in [3.8, 4) is 11.5 Å². The molecule has 0 fully saturated rings. The molecule has 242 valence electrons. The van der Waals surface area contributed by atoms with Gasteiger partial charge in [0.15, 0.2) is 0 Å². The van der Waals surface area contributed by atoms with Gasteiger partial charge in [0.2, 0.25) is 0 Å². The molecule has 0 amide bonds. The Bertz CT molecular complexity index is 875. The summed E-state index contributed by atoms with van der Waals surface area (Å²) >= 11 is -1.11. The molecule has 0 spiro atoms. The Kier molecular flexibility index (Phi) is 27.7. The summed E-state index contributed by atoms with van der Waals surface area (Å²) in [6.07, 6.45) is 0. The molecular formula is C32H54Cl4N2O2Ti2-2. The Hall–Kier alpha value is 0.549.